The van der Waals surface area contributed by atoms with E-state index in [-0.39, 0.29) is 0 Å². The van der Waals surface area contributed by atoms with Crippen LogP contribution < -0.4 is 11.1 Å². The molecule has 0 aromatic carbocycles. The molecule has 0 aliphatic carbocycles. The topological polar surface area (TPSA) is 72.1 Å². The second-order valence-corrected chi connectivity index (χ2v) is 4.20. The molecule has 1 fully saturated rings. The Morgan fingerprint density at radius 1 is 1.44 bits per heavy atom. The molecule has 6 nitrogen and oxygen atoms in total. The molecule has 18 heavy (non-hydrogen) atoms. The van der Waals surface area contributed by atoms with E-state index in [4.69, 9.17) is 15.2 Å². The van der Waals surface area contributed by atoms with Crippen LogP contribution in [0.3, 0.4) is 0 Å². The van der Waals surface area contributed by atoms with Gasteiger partial charge in [-0.15, -0.1) is 0 Å². The van der Waals surface area contributed by atoms with Crippen molar-refractivity contribution in [2.45, 2.75) is 13.3 Å². The van der Waals surface area contributed by atoms with Crippen LogP contribution in [0.4, 0.5) is 0 Å². The SMILES string of the molecule is CCOCCNC(N)=NCCCN1CCOCC1. The van der Waals surface area contributed by atoms with Crippen LogP contribution in [0.5, 0.6) is 0 Å². The smallest absolute Gasteiger partial charge is 0.188 e. The van der Waals surface area contributed by atoms with Crippen LogP contribution in [0.2, 0.25) is 0 Å². The van der Waals surface area contributed by atoms with E-state index in [1.54, 1.807) is 0 Å². The van der Waals surface area contributed by atoms with Crippen molar-refractivity contribution in [3.63, 3.8) is 0 Å². The Labute approximate surface area is 110 Å². The number of nitrogens with zero attached hydrogens (tertiary/aromatic N) is 2. The van der Waals surface area contributed by atoms with Gasteiger partial charge in [0.25, 0.3) is 0 Å². The number of rotatable bonds is 8. The minimum Gasteiger partial charge on any atom is -0.380 e. The molecule has 0 unspecified atom stereocenters. The maximum Gasteiger partial charge on any atom is 0.188 e. The molecule has 0 spiro atoms. The van der Waals surface area contributed by atoms with Crippen molar-refractivity contribution in [3.8, 4) is 0 Å². The molecule has 0 radical (unpaired) electrons. The zero-order valence-electron chi connectivity index (χ0n) is 11.4. The summed E-state index contributed by atoms with van der Waals surface area (Å²) in [6, 6.07) is 0. The molecule has 3 N–H and O–H groups in total. The highest BCUT2D eigenvalue weighted by Gasteiger charge is 2.08. The van der Waals surface area contributed by atoms with Gasteiger partial charge in [-0.05, 0) is 13.3 Å². The highest BCUT2D eigenvalue weighted by Crippen LogP contribution is 1.97. The lowest BCUT2D eigenvalue weighted by atomic mass is 10.3. The standard InChI is InChI=1S/C12H26N4O2/c1-2-17-9-5-15-12(13)14-4-3-6-16-7-10-18-11-8-16/h2-11H2,1H3,(H3,13,14,15). The average molecular weight is 258 g/mol. The van der Waals surface area contributed by atoms with Crippen LogP contribution in [-0.4, -0.2) is 70.0 Å². The van der Waals surface area contributed by atoms with E-state index in [2.05, 4.69) is 15.2 Å². The third-order valence-electron chi connectivity index (χ3n) is 2.77. The molecular formula is C12H26N4O2. The van der Waals surface area contributed by atoms with E-state index in [0.717, 1.165) is 52.4 Å². The molecule has 106 valence electrons. The summed E-state index contributed by atoms with van der Waals surface area (Å²) in [5.41, 5.74) is 5.72. The van der Waals surface area contributed by atoms with Gasteiger partial charge in [-0.1, -0.05) is 0 Å². The highest BCUT2D eigenvalue weighted by molar-refractivity contribution is 5.77. The monoisotopic (exact) mass is 258 g/mol. The Balaban J connectivity index is 1.97. The van der Waals surface area contributed by atoms with Crippen molar-refractivity contribution in [2.24, 2.45) is 10.7 Å². The van der Waals surface area contributed by atoms with Crippen LogP contribution in [-0.2, 0) is 9.47 Å². The summed E-state index contributed by atoms with van der Waals surface area (Å²) in [5.74, 6) is 0.511. The van der Waals surface area contributed by atoms with Gasteiger partial charge in [-0.25, -0.2) is 0 Å². The Kier molecular flexibility index (Phi) is 8.54. The molecule has 0 bridgehead atoms. The van der Waals surface area contributed by atoms with Gasteiger partial charge in [0.05, 0.1) is 19.8 Å². The zero-order valence-corrected chi connectivity index (χ0v) is 11.4. The van der Waals surface area contributed by atoms with Gasteiger partial charge in [0.2, 0.25) is 0 Å². The minimum absolute atomic E-state index is 0.511. The number of morpholine rings is 1. The first-order chi connectivity index (χ1) is 8.83. The van der Waals surface area contributed by atoms with Crippen LogP contribution >= 0.6 is 0 Å². The predicted octanol–water partition coefficient (Wildman–Crippen LogP) is -0.350. The lowest BCUT2D eigenvalue weighted by molar-refractivity contribution is 0.0377. The predicted molar refractivity (Wildman–Crippen MR) is 72.9 cm³/mol. The zero-order chi connectivity index (χ0) is 13.1. The summed E-state index contributed by atoms with van der Waals surface area (Å²) in [4.78, 5) is 6.68. The molecule has 1 aliphatic heterocycles. The first-order valence-electron chi connectivity index (χ1n) is 6.74. The molecule has 1 heterocycles. The minimum atomic E-state index is 0.511. The fourth-order valence-electron chi connectivity index (χ4n) is 1.77. The summed E-state index contributed by atoms with van der Waals surface area (Å²) >= 11 is 0. The van der Waals surface area contributed by atoms with Crippen molar-refractivity contribution in [1.29, 1.82) is 0 Å². The van der Waals surface area contributed by atoms with Crippen LogP contribution in [0, 0.1) is 0 Å². The fraction of sp³-hybridized carbons (Fsp3) is 0.917. The van der Waals surface area contributed by atoms with Crippen molar-refractivity contribution < 1.29 is 9.47 Å². The number of nitrogens with two attached hydrogens (primary N) is 1. The Hall–Kier alpha value is -0.850. The number of hydrogen-bond donors (Lipinski definition) is 2. The fourth-order valence-corrected chi connectivity index (χ4v) is 1.77. The second kappa shape index (κ2) is 10.1. The Morgan fingerprint density at radius 3 is 2.94 bits per heavy atom. The lowest BCUT2D eigenvalue weighted by Gasteiger charge is -2.26. The van der Waals surface area contributed by atoms with Crippen molar-refractivity contribution in [1.82, 2.24) is 10.2 Å². The van der Waals surface area contributed by atoms with Gasteiger partial charge in [-0.2, -0.15) is 0 Å². The molecule has 0 saturated carbocycles. The van der Waals surface area contributed by atoms with Gasteiger partial charge in [-0.3, -0.25) is 9.89 Å². The summed E-state index contributed by atoms with van der Waals surface area (Å²) in [6.07, 6.45) is 1.04. The van der Waals surface area contributed by atoms with Gasteiger partial charge >= 0.3 is 0 Å². The molecule has 0 atom stereocenters. The van der Waals surface area contributed by atoms with Gasteiger partial charge in [0.15, 0.2) is 5.96 Å². The van der Waals surface area contributed by atoms with E-state index in [0.29, 0.717) is 19.1 Å². The van der Waals surface area contributed by atoms with E-state index in [1.807, 2.05) is 6.92 Å². The second-order valence-electron chi connectivity index (χ2n) is 4.20. The Bertz CT molecular complexity index is 230. The number of hydrogen-bond acceptors (Lipinski definition) is 4. The first kappa shape index (κ1) is 15.2. The molecule has 0 amide bonds. The summed E-state index contributed by atoms with van der Waals surface area (Å²) < 4.78 is 10.5. The molecule has 0 aromatic heterocycles. The van der Waals surface area contributed by atoms with Gasteiger partial charge < -0.3 is 20.5 Å². The third-order valence-corrected chi connectivity index (χ3v) is 2.77. The number of nitrogens with one attached hydrogen (secondary N) is 1. The van der Waals surface area contributed by atoms with Gasteiger partial charge in [0.1, 0.15) is 0 Å². The summed E-state index contributed by atoms with van der Waals surface area (Å²) in [6.45, 7) is 9.70. The van der Waals surface area contributed by atoms with Crippen LogP contribution in [0.1, 0.15) is 13.3 Å². The van der Waals surface area contributed by atoms with E-state index in [1.165, 1.54) is 0 Å². The molecule has 6 heteroatoms. The summed E-state index contributed by atoms with van der Waals surface area (Å²) in [7, 11) is 0. The summed E-state index contributed by atoms with van der Waals surface area (Å²) in [5, 5.41) is 3.03. The largest absolute Gasteiger partial charge is 0.380 e. The molecule has 0 aromatic rings. The number of ether oxygens (including phenoxy) is 2. The molecule has 1 saturated heterocycles. The van der Waals surface area contributed by atoms with E-state index < -0.39 is 0 Å². The molecular weight excluding hydrogens is 232 g/mol. The van der Waals surface area contributed by atoms with Crippen molar-refractivity contribution in [3.05, 3.63) is 0 Å². The maximum absolute atomic E-state index is 5.72. The Morgan fingerprint density at radius 2 is 2.22 bits per heavy atom. The normalized spacial score (nSPS) is 17.9. The van der Waals surface area contributed by atoms with Crippen molar-refractivity contribution in [2.75, 3.05) is 59.2 Å². The third kappa shape index (κ3) is 7.47. The van der Waals surface area contributed by atoms with E-state index in [9.17, 15) is 0 Å². The van der Waals surface area contributed by atoms with Crippen molar-refractivity contribution >= 4 is 5.96 Å². The van der Waals surface area contributed by atoms with Crippen LogP contribution in [0.15, 0.2) is 4.99 Å². The quantitative estimate of drug-likeness (QED) is 0.354. The molecule has 1 rings (SSSR count). The average Bonchev–Trinajstić information content (AvgIpc) is 2.41. The maximum atomic E-state index is 5.72. The molecule has 1 aliphatic rings. The highest BCUT2D eigenvalue weighted by atomic mass is 16.5. The number of guanidine groups is 1. The van der Waals surface area contributed by atoms with Gasteiger partial charge in [0, 0.05) is 39.3 Å². The lowest BCUT2D eigenvalue weighted by Crippen LogP contribution is -2.37. The number of aliphatic imine (C=N–C) groups is 1. The van der Waals surface area contributed by atoms with Crippen LogP contribution in [0.25, 0.3) is 0 Å². The first-order valence-corrected chi connectivity index (χ1v) is 6.74. The van der Waals surface area contributed by atoms with E-state index >= 15 is 0 Å².